The van der Waals surface area contributed by atoms with Gasteiger partial charge >= 0.3 is 0 Å². The lowest BCUT2D eigenvalue weighted by Gasteiger charge is -2.47. The SMILES string of the molecule is CC[C@]12CCC3=CC(=O)CC[C@H]3[C@@H]1CC[C@H]2O. The van der Waals surface area contributed by atoms with E-state index >= 15 is 0 Å². The monoisotopic (exact) mass is 234 g/mol. The Morgan fingerprint density at radius 1 is 1.35 bits per heavy atom. The summed E-state index contributed by atoms with van der Waals surface area (Å²) < 4.78 is 0. The van der Waals surface area contributed by atoms with Crippen LogP contribution in [0, 0.1) is 17.3 Å². The highest BCUT2D eigenvalue weighted by molar-refractivity contribution is 5.91. The Hall–Kier alpha value is -0.630. The van der Waals surface area contributed by atoms with Crippen LogP contribution in [0.15, 0.2) is 11.6 Å². The molecule has 3 aliphatic carbocycles. The third-order valence-electron chi connectivity index (χ3n) is 5.70. The predicted octanol–water partition coefficient (Wildman–Crippen LogP) is 2.85. The van der Waals surface area contributed by atoms with E-state index < -0.39 is 0 Å². The predicted molar refractivity (Wildman–Crippen MR) is 66.5 cm³/mol. The summed E-state index contributed by atoms with van der Waals surface area (Å²) in [7, 11) is 0. The smallest absolute Gasteiger partial charge is 0.155 e. The summed E-state index contributed by atoms with van der Waals surface area (Å²) in [6, 6.07) is 0. The second kappa shape index (κ2) is 3.94. The Morgan fingerprint density at radius 2 is 2.18 bits per heavy atom. The first-order valence-corrected chi connectivity index (χ1v) is 7.09. The van der Waals surface area contributed by atoms with Crippen LogP contribution in [0.4, 0.5) is 0 Å². The van der Waals surface area contributed by atoms with Gasteiger partial charge in [-0.05, 0) is 61.9 Å². The van der Waals surface area contributed by atoms with Crippen molar-refractivity contribution in [2.45, 2.75) is 58.0 Å². The molecule has 2 fully saturated rings. The number of aliphatic hydroxyl groups excluding tert-OH is 1. The fourth-order valence-corrected chi connectivity index (χ4v) is 4.75. The molecule has 3 aliphatic rings. The topological polar surface area (TPSA) is 37.3 Å². The Labute approximate surface area is 103 Å². The van der Waals surface area contributed by atoms with Gasteiger partial charge in [0.05, 0.1) is 6.10 Å². The molecule has 0 aromatic carbocycles. The fraction of sp³-hybridized carbons (Fsp3) is 0.800. The Bertz CT molecular complexity index is 371. The number of hydrogen-bond donors (Lipinski definition) is 1. The van der Waals surface area contributed by atoms with Crippen molar-refractivity contribution < 1.29 is 9.90 Å². The molecule has 0 saturated heterocycles. The second-order valence-corrected chi connectivity index (χ2v) is 6.12. The van der Waals surface area contributed by atoms with Crippen LogP contribution >= 0.6 is 0 Å². The van der Waals surface area contributed by atoms with Gasteiger partial charge in [0.1, 0.15) is 0 Å². The molecule has 0 aliphatic heterocycles. The Balaban J connectivity index is 1.94. The van der Waals surface area contributed by atoms with Crippen LogP contribution in [0.5, 0.6) is 0 Å². The van der Waals surface area contributed by atoms with E-state index in [-0.39, 0.29) is 11.5 Å². The van der Waals surface area contributed by atoms with E-state index in [1.54, 1.807) is 0 Å². The molecule has 0 unspecified atom stereocenters. The number of carbonyl (C=O) groups is 1. The normalized spacial score (nSPS) is 45.2. The third-order valence-corrected chi connectivity index (χ3v) is 5.70. The van der Waals surface area contributed by atoms with Crippen molar-refractivity contribution in [2.75, 3.05) is 0 Å². The van der Waals surface area contributed by atoms with Crippen LogP contribution in [0.1, 0.15) is 51.9 Å². The van der Waals surface area contributed by atoms with Gasteiger partial charge in [-0.2, -0.15) is 0 Å². The van der Waals surface area contributed by atoms with E-state index in [4.69, 9.17) is 0 Å². The van der Waals surface area contributed by atoms with Crippen molar-refractivity contribution in [3.63, 3.8) is 0 Å². The number of aliphatic hydroxyl groups is 1. The molecule has 0 aromatic rings. The van der Waals surface area contributed by atoms with Gasteiger partial charge in [-0.25, -0.2) is 0 Å². The maximum atomic E-state index is 11.5. The zero-order valence-electron chi connectivity index (χ0n) is 10.6. The second-order valence-electron chi connectivity index (χ2n) is 6.12. The Kier molecular flexibility index (Phi) is 2.66. The van der Waals surface area contributed by atoms with Gasteiger partial charge in [0.25, 0.3) is 0 Å². The lowest BCUT2D eigenvalue weighted by atomic mass is 9.58. The molecule has 2 heteroatoms. The standard InChI is InChI=1S/C15H22O2/c1-2-15-8-7-10-9-11(16)3-4-12(10)13(15)5-6-14(15)17/h9,12-14,17H,2-8H2,1H3/t12-,13+,14-,15+/m1/s1. The third kappa shape index (κ3) is 1.53. The molecule has 3 rings (SSSR count). The highest BCUT2D eigenvalue weighted by Crippen LogP contribution is 2.59. The first-order chi connectivity index (χ1) is 8.17. The first-order valence-electron chi connectivity index (χ1n) is 7.09. The maximum absolute atomic E-state index is 11.5. The van der Waals surface area contributed by atoms with Crippen LogP contribution in [0.25, 0.3) is 0 Å². The summed E-state index contributed by atoms with van der Waals surface area (Å²) in [5, 5.41) is 10.3. The van der Waals surface area contributed by atoms with Crippen molar-refractivity contribution >= 4 is 5.78 Å². The molecule has 94 valence electrons. The average Bonchev–Trinajstić information content (AvgIpc) is 2.67. The minimum Gasteiger partial charge on any atom is -0.393 e. The molecule has 2 nitrogen and oxygen atoms in total. The number of carbonyl (C=O) groups excluding carboxylic acids is 1. The van der Waals surface area contributed by atoms with Crippen LogP contribution in [0.2, 0.25) is 0 Å². The molecule has 4 atom stereocenters. The molecule has 0 spiro atoms. The Morgan fingerprint density at radius 3 is 2.94 bits per heavy atom. The quantitative estimate of drug-likeness (QED) is 0.757. The van der Waals surface area contributed by atoms with Crippen molar-refractivity contribution in [2.24, 2.45) is 17.3 Å². The summed E-state index contributed by atoms with van der Waals surface area (Å²) in [5.74, 6) is 1.55. The van der Waals surface area contributed by atoms with Crippen molar-refractivity contribution in [3.8, 4) is 0 Å². The van der Waals surface area contributed by atoms with Gasteiger partial charge in [-0.3, -0.25) is 4.79 Å². The minimum absolute atomic E-state index is 0.100. The number of allylic oxidation sites excluding steroid dienone is 2. The molecule has 0 bridgehead atoms. The lowest BCUT2D eigenvalue weighted by Crippen LogP contribution is -2.43. The van der Waals surface area contributed by atoms with Crippen molar-refractivity contribution in [3.05, 3.63) is 11.6 Å². The molecule has 0 radical (unpaired) electrons. The van der Waals surface area contributed by atoms with Gasteiger partial charge in [-0.15, -0.1) is 0 Å². The summed E-state index contributed by atoms with van der Waals surface area (Å²) >= 11 is 0. The largest absolute Gasteiger partial charge is 0.393 e. The van der Waals surface area contributed by atoms with Crippen LogP contribution in [-0.2, 0) is 4.79 Å². The van der Waals surface area contributed by atoms with E-state index in [1.165, 1.54) is 5.57 Å². The van der Waals surface area contributed by atoms with Gasteiger partial charge in [0.15, 0.2) is 5.78 Å². The maximum Gasteiger partial charge on any atom is 0.155 e. The molecule has 0 amide bonds. The minimum atomic E-state index is -0.100. The van der Waals surface area contributed by atoms with Crippen LogP contribution < -0.4 is 0 Å². The lowest BCUT2D eigenvalue weighted by molar-refractivity contribution is -0.116. The zero-order valence-corrected chi connectivity index (χ0v) is 10.6. The molecular formula is C15H22O2. The van der Waals surface area contributed by atoms with Crippen molar-refractivity contribution in [1.82, 2.24) is 0 Å². The van der Waals surface area contributed by atoms with Crippen LogP contribution in [-0.4, -0.2) is 17.0 Å². The molecule has 2 saturated carbocycles. The molecule has 1 N–H and O–H groups in total. The van der Waals surface area contributed by atoms with E-state index in [1.807, 2.05) is 6.08 Å². The van der Waals surface area contributed by atoms with Gasteiger partial charge in [0.2, 0.25) is 0 Å². The van der Waals surface area contributed by atoms with E-state index in [9.17, 15) is 9.90 Å². The number of rotatable bonds is 1. The summed E-state index contributed by atoms with van der Waals surface area (Å²) in [5.41, 5.74) is 1.56. The van der Waals surface area contributed by atoms with Gasteiger partial charge in [-0.1, -0.05) is 12.5 Å². The average molecular weight is 234 g/mol. The molecular weight excluding hydrogens is 212 g/mol. The molecule has 0 aromatic heterocycles. The summed E-state index contributed by atoms with van der Waals surface area (Å²) in [6.45, 7) is 2.23. The van der Waals surface area contributed by atoms with Gasteiger partial charge in [0, 0.05) is 6.42 Å². The van der Waals surface area contributed by atoms with Crippen molar-refractivity contribution in [1.29, 1.82) is 0 Å². The fourth-order valence-electron chi connectivity index (χ4n) is 4.75. The summed E-state index contributed by atoms with van der Waals surface area (Å²) in [4.78, 5) is 11.5. The zero-order chi connectivity index (χ0) is 12.0. The first kappa shape index (κ1) is 11.5. The van der Waals surface area contributed by atoms with E-state index in [0.29, 0.717) is 17.6 Å². The van der Waals surface area contributed by atoms with Crippen LogP contribution in [0.3, 0.4) is 0 Å². The van der Waals surface area contributed by atoms with E-state index in [0.717, 1.165) is 44.9 Å². The highest BCUT2D eigenvalue weighted by Gasteiger charge is 2.54. The number of fused-ring (bicyclic) bond motifs is 3. The highest BCUT2D eigenvalue weighted by atomic mass is 16.3. The van der Waals surface area contributed by atoms with Gasteiger partial charge < -0.3 is 5.11 Å². The number of ketones is 1. The summed E-state index contributed by atoms with van der Waals surface area (Å²) in [6.07, 6.45) is 8.92. The van der Waals surface area contributed by atoms with E-state index in [2.05, 4.69) is 6.92 Å². The molecule has 0 heterocycles. The molecule has 17 heavy (non-hydrogen) atoms. The number of hydrogen-bond acceptors (Lipinski definition) is 2.